The highest BCUT2D eigenvalue weighted by Gasteiger charge is 2.66. The molecule has 0 spiro atoms. The number of carbonyl (C=O) groups excluding carboxylic acids is 2. The number of amides is 2. The van der Waals surface area contributed by atoms with Gasteiger partial charge in [-0.25, -0.2) is 0 Å². The maximum absolute atomic E-state index is 13.3. The highest BCUT2D eigenvalue weighted by Crippen LogP contribution is 2.50. The van der Waals surface area contributed by atoms with Gasteiger partial charge in [-0.1, -0.05) is 30.3 Å². The number of hydrogen-bond donors (Lipinski definition) is 3. The molecule has 0 unspecified atom stereocenters. The number of imide groups is 1. The van der Waals surface area contributed by atoms with Crippen LogP contribution < -0.4 is 10.1 Å². The molecule has 156 valence electrons. The van der Waals surface area contributed by atoms with Crippen LogP contribution in [0.1, 0.15) is 24.1 Å². The lowest BCUT2D eigenvalue weighted by Gasteiger charge is -2.27. The number of phenols is 1. The Morgan fingerprint density at radius 2 is 1.87 bits per heavy atom. The predicted octanol–water partition coefficient (Wildman–Crippen LogP) is 1.69. The highest BCUT2D eigenvalue weighted by atomic mass is 16.5. The summed E-state index contributed by atoms with van der Waals surface area (Å²) < 4.78 is 5.21. The molecule has 2 aliphatic heterocycles. The molecule has 8 heteroatoms. The van der Waals surface area contributed by atoms with Gasteiger partial charge in [-0.05, 0) is 30.7 Å². The minimum atomic E-state index is -1.66. The summed E-state index contributed by atoms with van der Waals surface area (Å²) in [6.45, 7) is 1.47. The highest BCUT2D eigenvalue weighted by molar-refractivity contribution is 6.09. The summed E-state index contributed by atoms with van der Waals surface area (Å²) in [6, 6.07) is 12.7. The molecule has 30 heavy (non-hydrogen) atoms. The molecule has 2 aromatic rings. The van der Waals surface area contributed by atoms with Gasteiger partial charge in [0.2, 0.25) is 11.8 Å². The third-order valence-corrected chi connectivity index (χ3v) is 6.08. The number of carbonyl (C=O) groups is 3. The molecule has 0 aromatic heterocycles. The average molecular weight is 410 g/mol. The quantitative estimate of drug-likeness (QED) is 0.643. The van der Waals surface area contributed by atoms with Gasteiger partial charge in [-0.2, -0.15) is 0 Å². The van der Waals surface area contributed by atoms with Crippen molar-refractivity contribution in [3.8, 4) is 11.5 Å². The number of nitrogens with one attached hydrogen (secondary N) is 1. The van der Waals surface area contributed by atoms with E-state index >= 15 is 0 Å². The second-order valence-corrected chi connectivity index (χ2v) is 7.81. The van der Waals surface area contributed by atoms with Crippen molar-refractivity contribution in [2.75, 3.05) is 7.11 Å². The van der Waals surface area contributed by atoms with E-state index in [0.29, 0.717) is 11.3 Å². The van der Waals surface area contributed by atoms with Gasteiger partial charge in [0.05, 0.1) is 25.5 Å². The Morgan fingerprint density at radius 3 is 2.50 bits per heavy atom. The molecule has 0 bridgehead atoms. The first kappa shape index (κ1) is 19.9. The zero-order valence-electron chi connectivity index (χ0n) is 16.5. The number of aromatic hydroxyl groups is 1. The summed E-state index contributed by atoms with van der Waals surface area (Å²) in [4.78, 5) is 39.8. The van der Waals surface area contributed by atoms with Crippen LogP contribution in [0.15, 0.2) is 48.5 Å². The van der Waals surface area contributed by atoms with Crippen molar-refractivity contribution < 1.29 is 29.3 Å². The van der Waals surface area contributed by atoms with Gasteiger partial charge in [-0.15, -0.1) is 0 Å². The zero-order valence-corrected chi connectivity index (χ0v) is 16.5. The molecule has 2 fully saturated rings. The van der Waals surface area contributed by atoms with E-state index < -0.39 is 41.2 Å². The van der Waals surface area contributed by atoms with Crippen LogP contribution in [0, 0.1) is 11.8 Å². The van der Waals surface area contributed by atoms with E-state index in [1.54, 1.807) is 36.4 Å². The van der Waals surface area contributed by atoms with E-state index in [1.807, 2.05) is 6.07 Å². The summed E-state index contributed by atoms with van der Waals surface area (Å²) in [6.07, 6.45) is 0. The maximum atomic E-state index is 13.3. The first-order chi connectivity index (χ1) is 14.3. The standard InChI is InChI=1S/C22H22N2O6/c1-22(21(28)29)17-16(18(23-22)14-10-13(30-2)8-9-15(14)25)19(26)24(20(17)27)11-12-6-4-3-5-7-12/h3-10,16-18,23,25H,11H2,1-2H3,(H,28,29)/t16-,17-,18+,22+/m1/s1. The van der Waals surface area contributed by atoms with Crippen molar-refractivity contribution in [3.05, 3.63) is 59.7 Å². The molecule has 2 saturated heterocycles. The molecule has 0 saturated carbocycles. The third-order valence-electron chi connectivity index (χ3n) is 6.08. The van der Waals surface area contributed by atoms with Gasteiger partial charge in [0, 0.05) is 11.6 Å². The summed E-state index contributed by atoms with van der Waals surface area (Å²) in [5, 5.41) is 23.3. The predicted molar refractivity (Wildman–Crippen MR) is 106 cm³/mol. The number of nitrogens with zero attached hydrogens (tertiary/aromatic N) is 1. The second kappa shape index (κ2) is 7.14. The van der Waals surface area contributed by atoms with Crippen LogP contribution in [0.25, 0.3) is 0 Å². The lowest BCUT2D eigenvalue weighted by molar-refractivity contribution is -0.150. The Morgan fingerprint density at radius 1 is 1.17 bits per heavy atom. The number of carboxylic acids is 1. The Labute approximate surface area is 173 Å². The molecule has 4 atom stereocenters. The van der Waals surface area contributed by atoms with Crippen LogP contribution in [0.3, 0.4) is 0 Å². The van der Waals surface area contributed by atoms with E-state index in [1.165, 1.54) is 20.1 Å². The van der Waals surface area contributed by atoms with Gasteiger partial charge in [-0.3, -0.25) is 24.6 Å². The van der Waals surface area contributed by atoms with Crippen molar-refractivity contribution in [2.24, 2.45) is 11.8 Å². The lowest BCUT2D eigenvalue weighted by atomic mass is 9.80. The van der Waals surface area contributed by atoms with Gasteiger partial charge >= 0.3 is 5.97 Å². The van der Waals surface area contributed by atoms with E-state index in [4.69, 9.17) is 4.74 Å². The van der Waals surface area contributed by atoms with E-state index in [2.05, 4.69) is 5.32 Å². The molecule has 2 aromatic carbocycles. The van der Waals surface area contributed by atoms with Crippen LogP contribution in [-0.2, 0) is 20.9 Å². The Bertz CT molecular complexity index is 1020. The fraction of sp³-hybridized carbons (Fsp3) is 0.318. The average Bonchev–Trinajstić information content (AvgIpc) is 3.18. The van der Waals surface area contributed by atoms with Gasteiger partial charge in [0.25, 0.3) is 0 Å². The smallest absolute Gasteiger partial charge is 0.324 e. The molecular weight excluding hydrogens is 388 g/mol. The van der Waals surface area contributed by atoms with Crippen molar-refractivity contribution in [3.63, 3.8) is 0 Å². The summed E-state index contributed by atoms with van der Waals surface area (Å²) in [5.74, 6) is -3.94. The van der Waals surface area contributed by atoms with Crippen LogP contribution >= 0.6 is 0 Å². The number of rotatable bonds is 5. The number of aliphatic carboxylic acids is 1. The first-order valence-electron chi connectivity index (χ1n) is 9.55. The zero-order chi connectivity index (χ0) is 21.6. The van der Waals surface area contributed by atoms with Crippen molar-refractivity contribution in [2.45, 2.75) is 25.0 Å². The SMILES string of the molecule is COc1ccc(O)c([C@@H]2N[C@](C)(C(=O)O)[C@H]3C(=O)N(Cc4ccccc4)C(=O)[C@@H]23)c1. The molecule has 2 amide bonds. The minimum absolute atomic E-state index is 0.0675. The number of fused-ring (bicyclic) bond motifs is 1. The summed E-state index contributed by atoms with van der Waals surface area (Å²) in [5.41, 5.74) is -0.578. The van der Waals surface area contributed by atoms with Crippen LogP contribution in [0.2, 0.25) is 0 Å². The number of likely N-dealkylation sites (tertiary alicyclic amines) is 1. The maximum Gasteiger partial charge on any atom is 0.324 e. The van der Waals surface area contributed by atoms with E-state index in [0.717, 1.165) is 10.5 Å². The molecular formula is C22H22N2O6. The normalized spacial score (nSPS) is 27.9. The number of carboxylic acid groups (broad SMARTS) is 1. The molecule has 4 rings (SSSR count). The van der Waals surface area contributed by atoms with E-state index in [9.17, 15) is 24.6 Å². The Kier molecular flexibility index (Phi) is 4.74. The summed E-state index contributed by atoms with van der Waals surface area (Å²) in [7, 11) is 1.47. The van der Waals surface area contributed by atoms with Crippen LogP contribution in [0.5, 0.6) is 11.5 Å². The number of benzene rings is 2. The van der Waals surface area contributed by atoms with Crippen LogP contribution in [0.4, 0.5) is 0 Å². The fourth-order valence-electron chi connectivity index (χ4n) is 4.49. The Balaban J connectivity index is 1.78. The molecule has 0 aliphatic carbocycles. The second-order valence-electron chi connectivity index (χ2n) is 7.81. The molecule has 8 nitrogen and oxygen atoms in total. The fourth-order valence-corrected chi connectivity index (χ4v) is 4.49. The number of phenolic OH excluding ortho intramolecular Hbond substituents is 1. The summed E-state index contributed by atoms with van der Waals surface area (Å²) >= 11 is 0. The molecule has 2 aliphatic rings. The van der Waals surface area contributed by atoms with Gasteiger partial charge in [0.15, 0.2) is 0 Å². The Hall–Kier alpha value is -3.39. The minimum Gasteiger partial charge on any atom is -0.508 e. The van der Waals surface area contributed by atoms with Crippen molar-refractivity contribution in [1.82, 2.24) is 10.2 Å². The third kappa shape index (κ3) is 2.91. The molecule has 0 radical (unpaired) electrons. The van der Waals surface area contributed by atoms with Gasteiger partial charge < -0.3 is 14.9 Å². The van der Waals surface area contributed by atoms with Crippen molar-refractivity contribution >= 4 is 17.8 Å². The van der Waals surface area contributed by atoms with Gasteiger partial charge in [0.1, 0.15) is 17.0 Å². The molecule has 3 N–H and O–H groups in total. The number of ether oxygens (including phenoxy) is 1. The topological polar surface area (TPSA) is 116 Å². The number of hydrogen-bond acceptors (Lipinski definition) is 6. The first-order valence-corrected chi connectivity index (χ1v) is 9.55. The number of methoxy groups -OCH3 is 1. The van der Waals surface area contributed by atoms with Crippen LogP contribution in [-0.4, -0.2) is 45.5 Å². The monoisotopic (exact) mass is 410 g/mol. The molecule has 2 heterocycles. The lowest BCUT2D eigenvalue weighted by Crippen LogP contribution is -2.53. The van der Waals surface area contributed by atoms with E-state index in [-0.39, 0.29) is 12.3 Å². The van der Waals surface area contributed by atoms with Crippen molar-refractivity contribution in [1.29, 1.82) is 0 Å². The largest absolute Gasteiger partial charge is 0.508 e.